The van der Waals surface area contributed by atoms with E-state index < -0.39 is 5.60 Å². The van der Waals surface area contributed by atoms with Crippen LogP contribution < -0.4 is 0 Å². The third-order valence-corrected chi connectivity index (χ3v) is 5.69. The first-order valence-corrected chi connectivity index (χ1v) is 7.19. The molecule has 0 aromatic heterocycles. The molecule has 0 saturated heterocycles. The molecule has 3 aliphatic rings. The summed E-state index contributed by atoms with van der Waals surface area (Å²) in [6, 6.07) is 5.21. The minimum Gasteiger partial charge on any atom is -0.385 e. The average molecular weight is 246 g/mol. The lowest BCUT2D eigenvalue weighted by molar-refractivity contribution is -0.0447. The monoisotopic (exact) mass is 246 g/mol. The van der Waals surface area contributed by atoms with Crippen molar-refractivity contribution in [2.75, 3.05) is 0 Å². The summed E-state index contributed by atoms with van der Waals surface area (Å²) < 4.78 is 13.8. The summed E-state index contributed by atoms with van der Waals surface area (Å²) in [5.74, 6) is 1.74. The number of rotatable bonds is 1. The molecular formula is C16H19FO. The zero-order valence-electron chi connectivity index (χ0n) is 10.5. The van der Waals surface area contributed by atoms with Crippen LogP contribution in [0.3, 0.4) is 0 Å². The molecule has 4 unspecified atom stereocenters. The van der Waals surface area contributed by atoms with E-state index in [0.717, 1.165) is 29.9 Å². The summed E-state index contributed by atoms with van der Waals surface area (Å²) >= 11 is 0. The topological polar surface area (TPSA) is 20.2 Å². The van der Waals surface area contributed by atoms with Crippen molar-refractivity contribution >= 4 is 0 Å². The number of hydrogen-bond acceptors (Lipinski definition) is 1. The van der Waals surface area contributed by atoms with Crippen molar-refractivity contribution in [3.8, 4) is 0 Å². The van der Waals surface area contributed by atoms with Crippen LogP contribution in [-0.4, -0.2) is 5.11 Å². The average Bonchev–Trinajstić information content (AvgIpc) is 3.05. The number of fused-ring (bicyclic) bond motifs is 3. The van der Waals surface area contributed by atoms with Crippen LogP contribution in [0, 0.1) is 23.6 Å². The Kier molecular flexibility index (Phi) is 2.18. The molecule has 1 aromatic carbocycles. The number of benzene rings is 1. The largest absolute Gasteiger partial charge is 0.385 e. The van der Waals surface area contributed by atoms with Crippen LogP contribution in [0.15, 0.2) is 18.2 Å². The molecule has 4 atom stereocenters. The van der Waals surface area contributed by atoms with Crippen molar-refractivity contribution in [1.82, 2.24) is 0 Å². The zero-order valence-corrected chi connectivity index (χ0v) is 10.5. The Labute approximate surface area is 107 Å². The van der Waals surface area contributed by atoms with Gasteiger partial charge in [0.25, 0.3) is 0 Å². The Morgan fingerprint density at radius 1 is 1.22 bits per heavy atom. The second-order valence-corrected chi connectivity index (χ2v) is 6.47. The highest BCUT2D eigenvalue weighted by atomic mass is 19.1. The minimum absolute atomic E-state index is 0.133. The Hall–Kier alpha value is -0.890. The first-order chi connectivity index (χ1) is 8.68. The lowest BCUT2D eigenvalue weighted by Gasteiger charge is -2.36. The van der Waals surface area contributed by atoms with Crippen LogP contribution in [0.4, 0.5) is 4.39 Å². The predicted molar refractivity (Wildman–Crippen MR) is 67.6 cm³/mol. The molecule has 1 nitrogen and oxygen atoms in total. The van der Waals surface area contributed by atoms with Gasteiger partial charge in [-0.2, -0.15) is 0 Å². The molecule has 4 rings (SSSR count). The molecular weight excluding hydrogens is 227 g/mol. The molecule has 1 aromatic rings. The van der Waals surface area contributed by atoms with Crippen molar-refractivity contribution in [2.24, 2.45) is 17.8 Å². The van der Waals surface area contributed by atoms with Crippen molar-refractivity contribution in [1.29, 1.82) is 0 Å². The fourth-order valence-corrected chi connectivity index (χ4v) is 4.88. The van der Waals surface area contributed by atoms with Crippen molar-refractivity contribution in [3.05, 3.63) is 35.1 Å². The van der Waals surface area contributed by atoms with E-state index in [1.54, 1.807) is 6.07 Å². The third-order valence-electron chi connectivity index (χ3n) is 5.69. The minimum atomic E-state index is -0.739. The SMILES string of the molecule is OC1(C2CC3CCC2C3)CCc2c(F)cccc21. The fraction of sp³-hybridized carbons (Fsp3) is 0.625. The van der Waals surface area contributed by atoms with Crippen molar-refractivity contribution in [3.63, 3.8) is 0 Å². The quantitative estimate of drug-likeness (QED) is 0.805. The maximum atomic E-state index is 13.8. The Bertz CT molecular complexity index is 498. The summed E-state index contributed by atoms with van der Waals surface area (Å²) in [4.78, 5) is 0. The van der Waals surface area contributed by atoms with E-state index in [1.807, 2.05) is 6.07 Å². The van der Waals surface area contributed by atoms with Gasteiger partial charge in [0, 0.05) is 0 Å². The number of aliphatic hydroxyl groups is 1. The number of hydrogen-bond donors (Lipinski definition) is 1. The molecule has 18 heavy (non-hydrogen) atoms. The smallest absolute Gasteiger partial charge is 0.126 e. The summed E-state index contributed by atoms with van der Waals surface area (Å²) in [6.45, 7) is 0. The van der Waals surface area contributed by atoms with Gasteiger partial charge in [0.15, 0.2) is 0 Å². The van der Waals surface area contributed by atoms with Crippen LogP contribution in [0.2, 0.25) is 0 Å². The summed E-state index contributed by atoms with van der Waals surface area (Å²) in [5, 5.41) is 11.1. The number of halogens is 1. The molecule has 3 aliphatic carbocycles. The molecule has 0 amide bonds. The zero-order chi connectivity index (χ0) is 12.3. The van der Waals surface area contributed by atoms with E-state index in [4.69, 9.17) is 0 Å². The van der Waals surface area contributed by atoms with Gasteiger partial charge in [-0.15, -0.1) is 0 Å². The van der Waals surface area contributed by atoms with Gasteiger partial charge in [-0.1, -0.05) is 18.6 Å². The van der Waals surface area contributed by atoms with E-state index in [2.05, 4.69) is 0 Å². The summed E-state index contributed by atoms with van der Waals surface area (Å²) in [5.41, 5.74) is 0.917. The van der Waals surface area contributed by atoms with E-state index in [0.29, 0.717) is 18.3 Å². The van der Waals surface area contributed by atoms with Gasteiger partial charge in [0.2, 0.25) is 0 Å². The maximum Gasteiger partial charge on any atom is 0.126 e. The lowest BCUT2D eigenvalue weighted by Crippen LogP contribution is -2.36. The Morgan fingerprint density at radius 3 is 2.83 bits per heavy atom. The van der Waals surface area contributed by atoms with Gasteiger partial charge < -0.3 is 5.11 Å². The molecule has 2 saturated carbocycles. The van der Waals surface area contributed by atoms with Crippen LogP contribution >= 0.6 is 0 Å². The molecule has 0 spiro atoms. The van der Waals surface area contributed by atoms with Gasteiger partial charge in [-0.05, 0) is 67.1 Å². The molecule has 2 bridgehead atoms. The second kappa shape index (κ2) is 3.57. The molecule has 96 valence electrons. The predicted octanol–water partition coefficient (Wildman–Crippen LogP) is 3.40. The summed E-state index contributed by atoms with van der Waals surface area (Å²) in [7, 11) is 0. The highest BCUT2D eigenvalue weighted by Crippen LogP contribution is 2.57. The highest BCUT2D eigenvalue weighted by molar-refractivity contribution is 5.39. The van der Waals surface area contributed by atoms with Gasteiger partial charge in [-0.3, -0.25) is 0 Å². The Morgan fingerprint density at radius 2 is 2.11 bits per heavy atom. The first-order valence-electron chi connectivity index (χ1n) is 7.19. The van der Waals surface area contributed by atoms with E-state index >= 15 is 0 Å². The van der Waals surface area contributed by atoms with Gasteiger partial charge in [0.1, 0.15) is 5.82 Å². The molecule has 0 radical (unpaired) electrons. The van der Waals surface area contributed by atoms with Crippen LogP contribution in [0.1, 0.15) is 43.2 Å². The standard InChI is InChI=1S/C16H19FO/c17-15-3-1-2-13-12(15)6-7-16(13,18)14-9-10-4-5-11(14)8-10/h1-3,10-11,14,18H,4-9H2. The van der Waals surface area contributed by atoms with Crippen LogP contribution in [0.5, 0.6) is 0 Å². The molecule has 0 aliphatic heterocycles. The van der Waals surface area contributed by atoms with Crippen molar-refractivity contribution < 1.29 is 9.50 Å². The molecule has 1 N–H and O–H groups in total. The van der Waals surface area contributed by atoms with Crippen molar-refractivity contribution in [2.45, 2.75) is 44.1 Å². The molecule has 0 heterocycles. The van der Waals surface area contributed by atoms with E-state index in [1.165, 1.54) is 25.3 Å². The Balaban J connectivity index is 1.76. The second-order valence-electron chi connectivity index (χ2n) is 6.47. The molecule has 2 heteroatoms. The van der Waals surface area contributed by atoms with Crippen LogP contribution in [0.25, 0.3) is 0 Å². The van der Waals surface area contributed by atoms with Gasteiger partial charge in [0.05, 0.1) is 5.60 Å². The molecule has 2 fully saturated rings. The first kappa shape index (κ1) is 11.0. The normalized spacial score (nSPS) is 41.3. The fourth-order valence-electron chi connectivity index (χ4n) is 4.88. The van der Waals surface area contributed by atoms with Gasteiger partial charge in [-0.25, -0.2) is 4.39 Å². The maximum absolute atomic E-state index is 13.8. The van der Waals surface area contributed by atoms with E-state index in [9.17, 15) is 9.50 Å². The third kappa shape index (κ3) is 1.30. The highest BCUT2D eigenvalue weighted by Gasteiger charge is 2.53. The van der Waals surface area contributed by atoms with Crippen LogP contribution in [-0.2, 0) is 12.0 Å². The lowest BCUT2D eigenvalue weighted by atomic mass is 9.73. The van der Waals surface area contributed by atoms with E-state index in [-0.39, 0.29) is 5.82 Å². The van der Waals surface area contributed by atoms with Gasteiger partial charge >= 0.3 is 0 Å². The summed E-state index contributed by atoms with van der Waals surface area (Å²) in [6.07, 6.45) is 6.47.